The number of fused-ring (bicyclic) bond motifs is 6. The van der Waals surface area contributed by atoms with Crippen LogP contribution in [0.15, 0.2) is 84.9 Å². The molecule has 2 heteroatoms. The van der Waals surface area contributed by atoms with Crippen LogP contribution in [0.25, 0.3) is 33.4 Å². The minimum atomic E-state index is 0.230. The first kappa shape index (κ1) is 31.9. The number of ketones is 2. The number of carbonyl (C=O) groups is 2. The Morgan fingerprint density at radius 3 is 1.15 bits per heavy atom. The van der Waals surface area contributed by atoms with Gasteiger partial charge in [-0.05, 0) is 80.6 Å². The lowest BCUT2D eigenvalue weighted by Gasteiger charge is -2.13. The second-order valence-corrected chi connectivity index (χ2v) is 13.2. The summed E-state index contributed by atoms with van der Waals surface area (Å²) in [4.78, 5) is 26.9. The van der Waals surface area contributed by atoms with Crippen molar-refractivity contribution in [2.24, 2.45) is 0 Å². The van der Waals surface area contributed by atoms with Crippen LogP contribution < -0.4 is 0 Å². The van der Waals surface area contributed by atoms with E-state index in [0.717, 1.165) is 47.9 Å². The van der Waals surface area contributed by atoms with Crippen molar-refractivity contribution >= 4 is 22.7 Å². The smallest absolute Gasteiger partial charge is 0.162 e. The molecule has 0 fully saturated rings. The fourth-order valence-electron chi connectivity index (χ4n) is 7.44. The predicted octanol–water partition coefficient (Wildman–Crippen LogP) is 12.5. The average Bonchev–Trinajstić information content (AvgIpc) is 3.59. The molecule has 4 aromatic carbocycles. The molecule has 0 bridgehead atoms. The molecular weight excluding hydrogens is 560 g/mol. The molecule has 0 amide bonds. The molecule has 0 unspecified atom stereocenters. The van der Waals surface area contributed by atoms with Gasteiger partial charge >= 0.3 is 0 Å². The van der Waals surface area contributed by atoms with Crippen LogP contribution in [-0.2, 0) is 0 Å². The lowest BCUT2D eigenvalue weighted by Crippen LogP contribution is -2.01. The number of carbonyl (C=O) groups excluding carboxylic acids is 2. The van der Waals surface area contributed by atoms with Gasteiger partial charge in [-0.3, -0.25) is 9.59 Å². The molecule has 0 aromatic heterocycles. The molecule has 0 saturated carbocycles. The molecule has 0 atom stereocenters. The molecule has 0 N–H and O–H groups in total. The van der Waals surface area contributed by atoms with Crippen molar-refractivity contribution < 1.29 is 9.59 Å². The lowest BCUT2D eigenvalue weighted by molar-refractivity contribution is 0.0971. The van der Waals surface area contributed by atoms with E-state index in [-0.39, 0.29) is 11.6 Å². The molecule has 2 aliphatic rings. The highest BCUT2D eigenvalue weighted by molar-refractivity contribution is 6.19. The Morgan fingerprint density at radius 2 is 0.739 bits per heavy atom. The second-order valence-electron chi connectivity index (χ2n) is 13.2. The monoisotopic (exact) mass is 608 g/mol. The summed E-state index contributed by atoms with van der Waals surface area (Å²) in [7, 11) is 0. The molecule has 236 valence electrons. The molecule has 0 aliphatic heterocycles. The number of Topliss-reactive ketones (excluding diaryl/α,β-unsaturated/α-hetero) is 2. The van der Waals surface area contributed by atoms with Gasteiger partial charge in [-0.2, -0.15) is 0 Å². The van der Waals surface area contributed by atoms with E-state index in [2.05, 4.69) is 86.6 Å². The van der Waals surface area contributed by atoms with Crippen molar-refractivity contribution in [1.29, 1.82) is 0 Å². The summed E-state index contributed by atoms with van der Waals surface area (Å²) in [6.45, 7) is 4.47. The first-order chi connectivity index (χ1) is 22.6. The Labute approximate surface area is 276 Å². The zero-order valence-corrected chi connectivity index (χ0v) is 27.8. The summed E-state index contributed by atoms with van der Waals surface area (Å²) >= 11 is 0. The second kappa shape index (κ2) is 15.0. The minimum absolute atomic E-state index is 0.230. The van der Waals surface area contributed by atoms with E-state index in [4.69, 9.17) is 0 Å². The molecule has 0 radical (unpaired) electrons. The van der Waals surface area contributed by atoms with Gasteiger partial charge in [0.05, 0.1) is 0 Å². The number of unbranched alkanes of at least 4 members (excludes halogenated alkanes) is 10. The summed E-state index contributed by atoms with van der Waals surface area (Å²) in [6, 6.07) is 29.9. The maximum absolute atomic E-state index is 13.5. The van der Waals surface area contributed by atoms with Crippen molar-refractivity contribution in [3.05, 3.63) is 118 Å². The maximum atomic E-state index is 13.5. The van der Waals surface area contributed by atoms with Crippen molar-refractivity contribution in [1.82, 2.24) is 0 Å². The molecule has 0 saturated heterocycles. The van der Waals surface area contributed by atoms with Crippen molar-refractivity contribution in [3.8, 4) is 22.3 Å². The summed E-state index contributed by atoms with van der Waals surface area (Å²) in [5, 5.41) is 0. The van der Waals surface area contributed by atoms with Crippen molar-refractivity contribution in [2.45, 2.75) is 104 Å². The van der Waals surface area contributed by atoms with Gasteiger partial charge < -0.3 is 0 Å². The Hall–Kier alpha value is -4.04. The van der Waals surface area contributed by atoms with Gasteiger partial charge in [-0.15, -0.1) is 0 Å². The molecule has 2 aliphatic carbocycles. The average molecular weight is 609 g/mol. The number of benzene rings is 4. The van der Waals surface area contributed by atoms with Gasteiger partial charge in [0.2, 0.25) is 0 Å². The summed E-state index contributed by atoms with van der Waals surface area (Å²) in [6.07, 6.45) is 15.3. The van der Waals surface area contributed by atoms with Gasteiger partial charge in [0, 0.05) is 24.0 Å². The normalized spacial score (nSPS) is 14.1. The standard InChI is InChI=1S/C44H48O2/c1-3-5-7-9-11-13-23-41(45)31-25-27-35-33-19-15-17-21-37(33)43(39(35)29-31)44-38-22-18-16-20-34(38)36-28-26-32(30-40(36)44)42(46)24-14-12-10-8-6-4-2/h15-22,25-30H,3-14,23-24H2,1-2H3/b44-43+. The molecule has 4 aromatic rings. The van der Waals surface area contributed by atoms with Crippen molar-refractivity contribution in [3.63, 3.8) is 0 Å². The Kier molecular flexibility index (Phi) is 10.4. The van der Waals surface area contributed by atoms with E-state index in [9.17, 15) is 9.59 Å². The fourth-order valence-corrected chi connectivity index (χ4v) is 7.44. The van der Waals surface area contributed by atoms with E-state index < -0.39 is 0 Å². The van der Waals surface area contributed by atoms with Crippen LogP contribution in [0.1, 0.15) is 147 Å². The SMILES string of the molecule is CCCCCCCCC(=O)c1ccc2c(c1)/C(=C1\c3ccccc3-c3ccc(C(=O)CCCCCCCC)cc31)c1ccccc1-2. The minimum Gasteiger partial charge on any atom is -0.294 e. The van der Waals surface area contributed by atoms with Gasteiger partial charge in [0.1, 0.15) is 0 Å². The Morgan fingerprint density at radius 1 is 0.391 bits per heavy atom. The number of hydrogen-bond donors (Lipinski definition) is 0. The van der Waals surface area contributed by atoms with E-state index in [1.807, 2.05) is 12.1 Å². The zero-order valence-electron chi connectivity index (χ0n) is 27.8. The highest BCUT2D eigenvalue weighted by atomic mass is 16.1. The third kappa shape index (κ3) is 6.59. The maximum Gasteiger partial charge on any atom is 0.162 e. The third-order valence-corrected chi connectivity index (χ3v) is 9.96. The van der Waals surface area contributed by atoms with Crippen LogP contribution >= 0.6 is 0 Å². The van der Waals surface area contributed by atoms with Gasteiger partial charge in [-0.1, -0.05) is 151 Å². The van der Waals surface area contributed by atoms with Gasteiger partial charge in [-0.25, -0.2) is 0 Å². The van der Waals surface area contributed by atoms with Crippen LogP contribution in [-0.4, -0.2) is 11.6 Å². The van der Waals surface area contributed by atoms with Gasteiger partial charge in [0.15, 0.2) is 11.6 Å². The van der Waals surface area contributed by atoms with Crippen LogP contribution in [0.4, 0.5) is 0 Å². The van der Waals surface area contributed by atoms with Crippen LogP contribution in [0, 0.1) is 0 Å². The molecule has 46 heavy (non-hydrogen) atoms. The van der Waals surface area contributed by atoms with E-state index in [0.29, 0.717) is 12.8 Å². The van der Waals surface area contributed by atoms with Crippen LogP contribution in [0.5, 0.6) is 0 Å². The molecule has 6 rings (SSSR count). The van der Waals surface area contributed by atoms with Crippen LogP contribution in [0.2, 0.25) is 0 Å². The van der Waals surface area contributed by atoms with Gasteiger partial charge in [0.25, 0.3) is 0 Å². The van der Waals surface area contributed by atoms with E-state index in [1.54, 1.807) is 0 Å². The highest BCUT2D eigenvalue weighted by Gasteiger charge is 2.33. The van der Waals surface area contributed by atoms with E-state index in [1.165, 1.54) is 95.9 Å². The first-order valence-electron chi connectivity index (χ1n) is 17.9. The highest BCUT2D eigenvalue weighted by Crippen LogP contribution is 2.54. The fraction of sp³-hybridized carbons (Fsp3) is 0.364. The summed E-state index contributed by atoms with van der Waals surface area (Å²) < 4.78 is 0. The third-order valence-electron chi connectivity index (χ3n) is 9.96. The molecule has 0 spiro atoms. The quantitative estimate of drug-likeness (QED) is 0.0809. The largest absolute Gasteiger partial charge is 0.294 e. The Bertz CT molecular complexity index is 1620. The van der Waals surface area contributed by atoms with Crippen LogP contribution in [0.3, 0.4) is 0 Å². The number of rotatable bonds is 16. The van der Waals surface area contributed by atoms with E-state index >= 15 is 0 Å². The zero-order chi connectivity index (χ0) is 31.9. The molecule has 0 heterocycles. The topological polar surface area (TPSA) is 34.1 Å². The molecular formula is C44H48O2. The predicted molar refractivity (Wildman–Crippen MR) is 193 cm³/mol. The molecule has 2 nitrogen and oxygen atoms in total. The first-order valence-corrected chi connectivity index (χ1v) is 17.9. The lowest BCUT2D eigenvalue weighted by atomic mass is 9.89. The Balaban J connectivity index is 1.37. The number of hydrogen-bond acceptors (Lipinski definition) is 2. The summed E-state index contributed by atoms with van der Waals surface area (Å²) in [5.41, 5.74) is 13.3. The van der Waals surface area contributed by atoms with Crippen molar-refractivity contribution in [2.75, 3.05) is 0 Å². The summed E-state index contributed by atoms with van der Waals surface area (Å²) in [5.74, 6) is 0.460.